The summed E-state index contributed by atoms with van der Waals surface area (Å²) < 4.78 is 0. The van der Waals surface area contributed by atoms with Gasteiger partial charge in [-0.3, -0.25) is 9.59 Å². The van der Waals surface area contributed by atoms with E-state index in [9.17, 15) is 14.7 Å². The fourth-order valence-corrected chi connectivity index (χ4v) is 4.52. The predicted molar refractivity (Wildman–Crippen MR) is 126 cm³/mol. The second kappa shape index (κ2) is 7.90. The summed E-state index contributed by atoms with van der Waals surface area (Å²) in [5, 5.41) is 14.0. The van der Waals surface area contributed by atoms with Gasteiger partial charge < -0.3 is 10.0 Å². The van der Waals surface area contributed by atoms with Crippen molar-refractivity contribution in [2.45, 2.75) is 18.6 Å². The zero-order valence-electron chi connectivity index (χ0n) is 17.2. The van der Waals surface area contributed by atoms with E-state index >= 15 is 0 Å². The maximum atomic E-state index is 13.5. The minimum absolute atomic E-state index is 0.210. The smallest absolute Gasteiger partial charge is 0.264 e. The van der Waals surface area contributed by atoms with Crippen LogP contribution in [0.4, 0.5) is 5.69 Å². The molecular formula is C27H20ClNO3. The van der Waals surface area contributed by atoms with Gasteiger partial charge in [0, 0.05) is 16.1 Å². The minimum atomic E-state index is -1.93. The molecule has 0 saturated heterocycles. The Morgan fingerprint density at radius 2 is 1.56 bits per heavy atom. The molecule has 1 aliphatic rings. The maximum absolute atomic E-state index is 13.5. The van der Waals surface area contributed by atoms with Crippen molar-refractivity contribution in [3.05, 3.63) is 113 Å². The lowest BCUT2D eigenvalue weighted by Gasteiger charge is -2.23. The minimum Gasteiger partial charge on any atom is -0.375 e. The van der Waals surface area contributed by atoms with Crippen molar-refractivity contribution >= 4 is 39.8 Å². The standard InChI is InChI=1S/C27H20ClNO3/c28-23-11-5-3-9-21(23)17-29-24-12-6-4-10-22(24)27(32,26(29)31)16-25(30)20-14-13-18-7-1-2-8-19(18)15-20/h1-15,32H,16-17H2. The summed E-state index contributed by atoms with van der Waals surface area (Å²) in [5.41, 5.74) is 0.326. The van der Waals surface area contributed by atoms with Gasteiger partial charge in [0.05, 0.1) is 18.7 Å². The molecule has 4 aromatic carbocycles. The lowest BCUT2D eigenvalue weighted by atomic mass is 9.88. The van der Waals surface area contributed by atoms with Crippen LogP contribution in [-0.4, -0.2) is 16.8 Å². The van der Waals surface area contributed by atoms with E-state index in [2.05, 4.69) is 0 Å². The van der Waals surface area contributed by atoms with Crippen LogP contribution in [0, 0.1) is 0 Å². The van der Waals surface area contributed by atoms with E-state index in [1.54, 1.807) is 36.4 Å². The number of anilines is 1. The predicted octanol–water partition coefficient (Wildman–Crippen LogP) is 5.50. The Hall–Kier alpha value is -3.47. The van der Waals surface area contributed by atoms with Gasteiger partial charge in [-0.2, -0.15) is 0 Å². The third kappa shape index (κ3) is 3.38. The number of rotatable bonds is 5. The number of halogens is 1. The average Bonchev–Trinajstić information content (AvgIpc) is 3.02. The maximum Gasteiger partial charge on any atom is 0.264 e. The second-order valence-electron chi connectivity index (χ2n) is 8.02. The number of carbonyl (C=O) groups excluding carboxylic acids is 2. The Labute approximate surface area is 190 Å². The third-order valence-electron chi connectivity index (χ3n) is 6.01. The summed E-state index contributed by atoms with van der Waals surface area (Å²) in [6.07, 6.45) is -0.333. The highest BCUT2D eigenvalue weighted by atomic mass is 35.5. The van der Waals surface area contributed by atoms with E-state index in [1.807, 2.05) is 54.6 Å². The molecule has 0 fully saturated rings. The summed E-state index contributed by atoms with van der Waals surface area (Å²) >= 11 is 6.31. The van der Waals surface area contributed by atoms with Crippen molar-refractivity contribution < 1.29 is 14.7 Å². The van der Waals surface area contributed by atoms with Crippen LogP contribution in [0.2, 0.25) is 5.02 Å². The number of Topliss-reactive ketones (excluding diaryl/α,β-unsaturated/α-hetero) is 1. The molecule has 5 rings (SSSR count). The van der Waals surface area contributed by atoms with Gasteiger partial charge in [-0.25, -0.2) is 0 Å². The van der Waals surface area contributed by atoms with Crippen LogP contribution in [0.15, 0.2) is 91.0 Å². The fourth-order valence-electron chi connectivity index (χ4n) is 4.33. The fraction of sp³-hybridized carbons (Fsp3) is 0.111. The van der Waals surface area contributed by atoms with Gasteiger partial charge in [0.25, 0.3) is 5.91 Å². The van der Waals surface area contributed by atoms with E-state index in [0.717, 1.165) is 16.3 Å². The van der Waals surface area contributed by atoms with E-state index in [0.29, 0.717) is 21.8 Å². The number of nitrogens with zero attached hydrogens (tertiary/aromatic N) is 1. The van der Waals surface area contributed by atoms with E-state index in [1.165, 1.54) is 4.90 Å². The average molecular weight is 442 g/mol. The molecule has 5 heteroatoms. The molecule has 1 heterocycles. The first-order valence-electron chi connectivity index (χ1n) is 10.4. The van der Waals surface area contributed by atoms with Gasteiger partial charge in [0.15, 0.2) is 11.4 Å². The normalized spacial score (nSPS) is 17.6. The molecular weight excluding hydrogens is 422 g/mol. The van der Waals surface area contributed by atoms with Crippen molar-refractivity contribution in [3.63, 3.8) is 0 Å². The van der Waals surface area contributed by atoms with Crippen LogP contribution in [0.5, 0.6) is 0 Å². The Bertz CT molecular complexity index is 1370. The molecule has 1 aliphatic heterocycles. The molecule has 1 unspecified atom stereocenters. The summed E-state index contributed by atoms with van der Waals surface area (Å²) in [7, 11) is 0. The summed E-state index contributed by atoms with van der Waals surface area (Å²) in [5.74, 6) is -0.811. The van der Waals surface area contributed by atoms with Gasteiger partial charge >= 0.3 is 0 Å². The SMILES string of the molecule is O=C(CC1(O)C(=O)N(Cc2ccccc2Cl)c2ccccc21)c1ccc2ccccc2c1. The number of ketones is 1. The van der Waals surface area contributed by atoms with Gasteiger partial charge in [0.2, 0.25) is 0 Å². The summed E-state index contributed by atoms with van der Waals surface area (Å²) in [6, 6.07) is 27.5. The first-order chi connectivity index (χ1) is 15.5. The van der Waals surface area contributed by atoms with Gasteiger partial charge in [-0.15, -0.1) is 0 Å². The van der Waals surface area contributed by atoms with Crippen LogP contribution in [0.25, 0.3) is 10.8 Å². The molecule has 1 N–H and O–H groups in total. The Balaban J connectivity index is 1.49. The van der Waals surface area contributed by atoms with Crippen molar-refractivity contribution in [3.8, 4) is 0 Å². The Kier molecular flexibility index (Phi) is 5.04. The molecule has 0 aliphatic carbocycles. The van der Waals surface area contributed by atoms with Crippen LogP contribution >= 0.6 is 11.6 Å². The van der Waals surface area contributed by atoms with Crippen molar-refractivity contribution in [1.82, 2.24) is 0 Å². The van der Waals surface area contributed by atoms with Crippen LogP contribution in [0.1, 0.15) is 27.9 Å². The molecule has 1 amide bonds. The van der Waals surface area contributed by atoms with Gasteiger partial charge in [0.1, 0.15) is 0 Å². The number of carbonyl (C=O) groups is 2. The second-order valence-corrected chi connectivity index (χ2v) is 8.43. The van der Waals surface area contributed by atoms with Crippen LogP contribution in [0.3, 0.4) is 0 Å². The molecule has 4 aromatic rings. The molecule has 32 heavy (non-hydrogen) atoms. The highest BCUT2D eigenvalue weighted by Crippen LogP contribution is 2.44. The Morgan fingerprint density at radius 1 is 0.875 bits per heavy atom. The number of fused-ring (bicyclic) bond motifs is 2. The largest absolute Gasteiger partial charge is 0.375 e. The van der Waals surface area contributed by atoms with Crippen molar-refractivity contribution in [2.75, 3.05) is 4.90 Å². The van der Waals surface area contributed by atoms with E-state index in [4.69, 9.17) is 11.6 Å². The molecule has 158 valence electrons. The molecule has 1 atom stereocenters. The zero-order chi connectivity index (χ0) is 22.3. The van der Waals surface area contributed by atoms with Crippen LogP contribution in [-0.2, 0) is 16.9 Å². The quantitative estimate of drug-likeness (QED) is 0.416. The van der Waals surface area contributed by atoms with E-state index in [-0.39, 0.29) is 18.7 Å². The molecule has 0 aromatic heterocycles. The highest BCUT2D eigenvalue weighted by Gasteiger charge is 2.50. The lowest BCUT2D eigenvalue weighted by molar-refractivity contribution is -0.136. The van der Waals surface area contributed by atoms with Gasteiger partial charge in [-0.1, -0.05) is 84.4 Å². The molecule has 0 radical (unpaired) electrons. The lowest BCUT2D eigenvalue weighted by Crippen LogP contribution is -2.41. The Morgan fingerprint density at radius 3 is 2.38 bits per heavy atom. The first-order valence-corrected chi connectivity index (χ1v) is 10.7. The monoisotopic (exact) mass is 441 g/mol. The molecule has 0 bridgehead atoms. The number of para-hydroxylation sites is 1. The zero-order valence-corrected chi connectivity index (χ0v) is 17.9. The highest BCUT2D eigenvalue weighted by molar-refractivity contribution is 6.31. The third-order valence-corrected chi connectivity index (χ3v) is 6.38. The number of hydrogen-bond acceptors (Lipinski definition) is 3. The van der Waals surface area contributed by atoms with E-state index < -0.39 is 11.5 Å². The molecule has 4 nitrogen and oxygen atoms in total. The first kappa shape index (κ1) is 20.4. The molecule has 0 saturated carbocycles. The van der Waals surface area contributed by atoms with Gasteiger partial charge in [-0.05, 0) is 34.5 Å². The molecule has 0 spiro atoms. The van der Waals surface area contributed by atoms with Crippen molar-refractivity contribution in [2.24, 2.45) is 0 Å². The number of hydrogen-bond donors (Lipinski definition) is 1. The number of aliphatic hydroxyl groups is 1. The number of amides is 1. The van der Waals surface area contributed by atoms with Crippen LogP contribution < -0.4 is 4.90 Å². The summed E-state index contributed by atoms with van der Waals surface area (Å²) in [6.45, 7) is 0.210. The summed E-state index contributed by atoms with van der Waals surface area (Å²) in [4.78, 5) is 28.1. The van der Waals surface area contributed by atoms with Crippen molar-refractivity contribution in [1.29, 1.82) is 0 Å². The topological polar surface area (TPSA) is 57.6 Å². The number of benzene rings is 4.